The van der Waals surface area contributed by atoms with Crippen LogP contribution in [-0.2, 0) is 24.6 Å². The van der Waals surface area contributed by atoms with E-state index in [9.17, 15) is 19.2 Å². The molecule has 0 aromatic heterocycles. The van der Waals surface area contributed by atoms with E-state index in [1.54, 1.807) is 36.1 Å². The van der Waals surface area contributed by atoms with E-state index in [1.165, 1.54) is 4.90 Å². The molecule has 0 bridgehead atoms. The highest BCUT2D eigenvalue weighted by molar-refractivity contribution is 6.32. The number of hydrogen-bond donors (Lipinski definition) is 0. The van der Waals surface area contributed by atoms with Gasteiger partial charge in [0.2, 0.25) is 17.7 Å². The Morgan fingerprint density at radius 3 is 2.58 bits per heavy atom. The predicted octanol–water partition coefficient (Wildman–Crippen LogP) is 2.12. The standard InChI is InChI=1S/C23H30ClN3O4/c1-16(28)17-7-6-10-26(15-17)20(29)13-23(18-8-4-5-9-19(18)24)14-21(30)27(22(23)31)12-11-25(2)3/h4-5,8-9,17H,6-7,10-15H2,1-3H3/t17-,23-/m1/s1. The fourth-order valence-corrected chi connectivity index (χ4v) is 4.84. The Morgan fingerprint density at radius 1 is 1.23 bits per heavy atom. The topological polar surface area (TPSA) is 78.0 Å². The molecule has 1 aromatic carbocycles. The predicted molar refractivity (Wildman–Crippen MR) is 118 cm³/mol. The Kier molecular flexibility index (Phi) is 7.17. The van der Waals surface area contributed by atoms with Gasteiger partial charge in [-0.15, -0.1) is 0 Å². The number of benzene rings is 1. The summed E-state index contributed by atoms with van der Waals surface area (Å²) < 4.78 is 0. The lowest BCUT2D eigenvalue weighted by atomic mass is 9.75. The van der Waals surface area contributed by atoms with Crippen LogP contribution in [0.3, 0.4) is 0 Å². The summed E-state index contributed by atoms with van der Waals surface area (Å²) in [6.07, 6.45) is 1.30. The zero-order chi connectivity index (χ0) is 22.8. The molecule has 3 amide bonds. The van der Waals surface area contributed by atoms with Crippen molar-refractivity contribution in [1.82, 2.24) is 14.7 Å². The van der Waals surface area contributed by atoms with Crippen LogP contribution in [0.1, 0.15) is 38.2 Å². The lowest BCUT2D eigenvalue weighted by molar-refractivity contribution is -0.143. The second-order valence-corrected chi connectivity index (χ2v) is 9.27. The van der Waals surface area contributed by atoms with E-state index in [4.69, 9.17) is 11.6 Å². The van der Waals surface area contributed by atoms with Crippen molar-refractivity contribution in [3.63, 3.8) is 0 Å². The van der Waals surface area contributed by atoms with Gasteiger partial charge in [0.15, 0.2) is 0 Å². The highest BCUT2D eigenvalue weighted by atomic mass is 35.5. The number of carbonyl (C=O) groups excluding carboxylic acids is 4. The van der Waals surface area contributed by atoms with Gasteiger partial charge in [0.25, 0.3) is 0 Å². The van der Waals surface area contributed by atoms with Crippen LogP contribution >= 0.6 is 11.6 Å². The molecule has 0 N–H and O–H groups in total. The van der Waals surface area contributed by atoms with Gasteiger partial charge in [-0.25, -0.2) is 0 Å². The first kappa shape index (κ1) is 23.4. The second-order valence-electron chi connectivity index (χ2n) is 8.86. The molecule has 8 heteroatoms. The number of halogens is 1. The molecule has 168 valence electrons. The third kappa shape index (κ3) is 4.83. The summed E-state index contributed by atoms with van der Waals surface area (Å²) in [5, 5.41) is 0.367. The average molecular weight is 448 g/mol. The molecule has 1 aromatic rings. The number of rotatable bonds is 7. The van der Waals surface area contributed by atoms with Crippen LogP contribution in [-0.4, -0.2) is 78.5 Å². The first-order chi connectivity index (χ1) is 14.7. The highest BCUT2D eigenvalue weighted by Gasteiger charge is 2.54. The van der Waals surface area contributed by atoms with Gasteiger partial charge in [-0.05, 0) is 45.5 Å². The zero-order valence-corrected chi connectivity index (χ0v) is 19.2. The van der Waals surface area contributed by atoms with E-state index in [0.717, 1.165) is 12.8 Å². The lowest BCUT2D eigenvalue weighted by Crippen LogP contribution is -2.47. The number of carbonyl (C=O) groups is 4. The number of imide groups is 1. The third-order valence-electron chi connectivity index (χ3n) is 6.37. The monoisotopic (exact) mass is 447 g/mol. The quantitative estimate of drug-likeness (QED) is 0.598. The van der Waals surface area contributed by atoms with E-state index in [1.807, 2.05) is 19.0 Å². The van der Waals surface area contributed by atoms with E-state index >= 15 is 0 Å². The van der Waals surface area contributed by atoms with Gasteiger partial charge in [-0.2, -0.15) is 0 Å². The number of piperidine rings is 1. The Morgan fingerprint density at radius 2 is 1.94 bits per heavy atom. The first-order valence-corrected chi connectivity index (χ1v) is 11.1. The van der Waals surface area contributed by atoms with Crippen LogP contribution in [0.5, 0.6) is 0 Å². The van der Waals surface area contributed by atoms with E-state index in [0.29, 0.717) is 30.2 Å². The molecule has 0 aliphatic carbocycles. The molecular formula is C23H30ClN3O4. The van der Waals surface area contributed by atoms with Crippen LogP contribution in [0, 0.1) is 5.92 Å². The molecule has 2 fully saturated rings. The number of likely N-dealkylation sites (N-methyl/N-ethyl adjacent to an activating group) is 1. The Balaban J connectivity index is 1.92. The maximum absolute atomic E-state index is 13.6. The van der Waals surface area contributed by atoms with Crippen molar-refractivity contribution in [1.29, 1.82) is 0 Å². The SMILES string of the molecule is CC(=O)[C@@H]1CCCN(C(=O)C[C@]2(c3ccccc3Cl)CC(=O)N(CCN(C)C)C2=O)C1. The largest absolute Gasteiger partial charge is 0.342 e. The Hall–Kier alpha value is -2.25. The van der Waals surface area contributed by atoms with Crippen molar-refractivity contribution in [3.8, 4) is 0 Å². The zero-order valence-electron chi connectivity index (χ0n) is 18.4. The summed E-state index contributed by atoms with van der Waals surface area (Å²) >= 11 is 6.46. The van der Waals surface area contributed by atoms with Gasteiger partial charge >= 0.3 is 0 Å². The third-order valence-corrected chi connectivity index (χ3v) is 6.70. The maximum Gasteiger partial charge on any atom is 0.240 e. The van der Waals surface area contributed by atoms with E-state index in [-0.39, 0.29) is 48.8 Å². The normalized spacial score (nSPS) is 24.2. The summed E-state index contributed by atoms with van der Waals surface area (Å²) in [7, 11) is 3.75. The smallest absolute Gasteiger partial charge is 0.240 e. The number of Topliss-reactive ketones (excluding diaryl/α,β-unsaturated/α-hetero) is 1. The number of hydrogen-bond acceptors (Lipinski definition) is 5. The van der Waals surface area contributed by atoms with Crippen molar-refractivity contribution >= 4 is 35.1 Å². The van der Waals surface area contributed by atoms with E-state index in [2.05, 4.69) is 0 Å². The van der Waals surface area contributed by atoms with E-state index < -0.39 is 5.41 Å². The molecule has 2 aliphatic rings. The van der Waals surface area contributed by atoms with Gasteiger partial charge in [0.1, 0.15) is 5.78 Å². The molecule has 3 rings (SSSR count). The molecule has 2 heterocycles. The molecule has 2 atom stereocenters. The molecule has 0 spiro atoms. The highest BCUT2D eigenvalue weighted by Crippen LogP contribution is 2.43. The first-order valence-electron chi connectivity index (χ1n) is 10.7. The van der Waals surface area contributed by atoms with Crippen LogP contribution in [0.25, 0.3) is 0 Å². The number of nitrogens with zero attached hydrogens (tertiary/aromatic N) is 3. The van der Waals surface area contributed by atoms with Gasteiger partial charge in [-0.1, -0.05) is 29.8 Å². The van der Waals surface area contributed by atoms with Crippen molar-refractivity contribution in [2.24, 2.45) is 5.92 Å². The van der Waals surface area contributed by atoms with Crippen LogP contribution in [0.4, 0.5) is 0 Å². The summed E-state index contributed by atoms with van der Waals surface area (Å²) in [5.74, 6) is -0.992. The summed E-state index contributed by atoms with van der Waals surface area (Å²) in [6, 6.07) is 6.93. The summed E-state index contributed by atoms with van der Waals surface area (Å²) in [4.78, 5) is 56.4. The van der Waals surface area contributed by atoms with Crippen molar-refractivity contribution in [2.45, 2.75) is 38.0 Å². The van der Waals surface area contributed by atoms with Crippen LogP contribution in [0.2, 0.25) is 5.02 Å². The van der Waals surface area contributed by atoms with Crippen LogP contribution in [0.15, 0.2) is 24.3 Å². The minimum Gasteiger partial charge on any atom is -0.342 e. The molecule has 0 radical (unpaired) electrons. The fourth-order valence-electron chi connectivity index (χ4n) is 4.53. The summed E-state index contributed by atoms with van der Waals surface area (Å²) in [6.45, 7) is 3.26. The molecule has 2 saturated heterocycles. The summed E-state index contributed by atoms with van der Waals surface area (Å²) in [5.41, 5.74) is -0.807. The van der Waals surface area contributed by atoms with Gasteiger partial charge in [0.05, 0.1) is 5.41 Å². The van der Waals surface area contributed by atoms with Crippen molar-refractivity contribution in [3.05, 3.63) is 34.9 Å². The molecule has 0 unspecified atom stereocenters. The average Bonchev–Trinajstić information content (AvgIpc) is 2.96. The minimum absolute atomic E-state index is 0.0697. The lowest BCUT2D eigenvalue weighted by Gasteiger charge is -2.35. The molecule has 7 nitrogen and oxygen atoms in total. The van der Waals surface area contributed by atoms with Gasteiger partial charge < -0.3 is 9.80 Å². The second kappa shape index (κ2) is 9.49. The Bertz CT molecular complexity index is 887. The van der Waals surface area contributed by atoms with Crippen molar-refractivity contribution < 1.29 is 19.2 Å². The molecule has 0 saturated carbocycles. The fraction of sp³-hybridized carbons (Fsp3) is 0.565. The number of likely N-dealkylation sites (tertiary alicyclic amines) is 2. The van der Waals surface area contributed by atoms with Gasteiger partial charge in [0, 0.05) is 50.0 Å². The molecular weight excluding hydrogens is 418 g/mol. The van der Waals surface area contributed by atoms with Crippen molar-refractivity contribution in [2.75, 3.05) is 40.3 Å². The minimum atomic E-state index is -1.32. The number of amides is 3. The molecule has 2 aliphatic heterocycles. The Labute approximate surface area is 188 Å². The maximum atomic E-state index is 13.6. The molecule has 31 heavy (non-hydrogen) atoms. The van der Waals surface area contributed by atoms with Gasteiger partial charge in [-0.3, -0.25) is 24.1 Å². The number of ketones is 1. The van der Waals surface area contributed by atoms with Crippen LogP contribution < -0.4 is 0 Å².